The first-order valence-electron chi connectivity index (χ1n) is 8.24. The monoisotopic (exact) mass is 339 g/mol. The number of benzene rings is 1. The van der Waals surface area contributed by atoms with Crippen molar-refractivity contribution in [3.8, 4) is 17.5 Å². The van der Waals surface area contributed by atoms with Crippen LogP contribution in [0.3, 0.4) is 0 Å². The Balaban J connectivity index is 1.73. The minimum absolute atomic E-state index is 0.0769. The molecule has 1 aromatic carbocycles. The molecule has 0 spiro atoms. The fourth-order valence-corrected chi connectivity index (χ4v) is 3.33. The van der Waals surface area contributed by atoms with Crippen molar-refractivity contribution in [1.29, 1.82) is 0 Å². The lowest BCUT2D eigenvalue weighted by Gasteiger charge is -2.14. The van der Waals surface area contributed by atoms with E-state index in [2.05, 4.69) is 16.8 Å². The van der Waals surface area contributed by atoms with Crippen LogP contribution >= 0.6 is 11.6 Å². The molecule has 4 rings (SSSR count). The predicted molar refractivity (Wildman–Crippen MR) is 93.2 cm³/mol. The smallest absolute Gasteiger partial charge is 0.257 e. The zero-order chi connectivity index (χ0) is 16.7. The highest BCUT2D eigenvalue weighted by molar-refractivity contribution is 6.34. The Kier molecular flexibility index (Phi) is 3.82. The summed E-state index contributed by atoms with van der Waals surface area (Å²) < 4.78 is 1.94. The predicted octanol–water partition coefficient (Wildman–Crippen LogP) is 3.65. The number of hydrogen-bond acceptors (Lipinski definition) is 2. The molecule has 0 saturated heterocycles. The third-order valence-corrected chi connectivity index (χ3v) is 4.96. The van der Waals surface area contributed by atoms with Gasteiger partial charge in [-0.1, -0.05) is 36.4 Å². The van der Waals surface area contributed by atoms with Crippen LogP contribution in [0.15, 0.2) is 24.5 Å². The molecule has 2 heterocycles. The van der Waals surface area contributed by atoms with Crippen molar-refractivity contribution < 1.29 is 4.79 Å². The highest BCUT2D eigenvalue weighted by Crippen LogP contribution is 2.33. The Bertz CT molecular complexity index is 870. The molecule has 1 fully saturated rings. The average molecular weight is 340 g/mol. The summed E-state index contributed by atoms with van der Waals surface area (Å²) in [6.45, 7) is 0.469. The Hall–Kier alpha value is -2.25. The van der Waals surface area contributed by atoms with Gasteiger partial charge in [0.25, 0.3) is 5.91 Å². The number of rotatable bonds is 2. The van der Waals surface area contributed by atoms with E-state index in [0.717, 1.165) is 29.4 Å². The molecular formula is C19H18ClN3O. The Morgan fingerprint density at radius 3 is 3.00 bits per heavy atom. The summed E-state index contributed by atoms with van der Waals surface area (Å²) in [7, 11) is 1.78. The van der Waals surface area contributed by atoms with Crippen LogP contribution in [0.25, 0.3) is 5.69 Å². The van der Waals surface area contributed by atoms with Crippen molar-refractivity contribution in [2.24, 2.45) is 5.92 Å². The van der Waals surface area contributed by atoms with Crippen molar-refractivity contribution in [2.45, 2.75) is 32.2 Å². The van der Waals surface area contributed by atoms with E-state index in [1.807, 2.05) is 16.7 Å². The van der Waals surface area contributed by atoms with Gasteiger partial charge >= 0.3 is 0 Å². The zero-order valence-corrected chi connectivity index (χ0v) is 14.3. The van der Waals surface area contributed by atoms with Crippen molar-refractivity contribution >= 4 is 17.5 Å². The van der Waals surface area contributed by atoms with Crippen molar-refractivity contribution in [1.82, 2.24) is 14.5 Å². The third kappa shape index (κ3) is 2.70. The average Bonchev–Trinajstić information content (AvgIpc) is 3.33. The first-order valence-corrected chi connectivity index (χ1v) is 8.62. The summed E-state index contributed by atoms with van der Waals surface area (Å²) in [5, 5.41) is 0.461. The quantitative estimate of drug-likeness (QED) is 0.783. The molecular weight excluding hydrogens is 322 g/mol. The lowest BCUT2D eigenvalue weighted by Crippen LogP contribution is -2.25. The van der Waals surface area contributed by atoms with Crippen LogP contribution in [-0.2, 0) is 6.54 Å². The van der Waals surface area contributed by atoms with Gasteiger partial charge in [-0.25, -0.2) is 4.98 Å². The molecule has 1 saturated carbocycles. The highest BCUT2D eigenvalue weighted by atomic mass is 35.5. The van der Waals surface area contributed by atoms with Gasteiger partial charge in [-0.15, -0.1) is 0 Å². The first kappa shape index (κ1) is 15.3. The van der Waals surface area contributed by atoms with Crippen LogP contribution in [0.5, 0.6) is 0 Å². The van der Waals surface area contributed by atoms with Gasteiger partial charge in [0.2, 0.25) is 0 Å². The molecule has 0 radical (unpaired) electrons. The maximum atomic E-state index is 12.6. The van der Waals surface area contributed by atoms with E-state index < -0.39 is 0 Å². The van der Waals surface area contributed by atoms with E-state index in [9.17, 15) is 4.79 Å². The molecule has 0 bridgehead atoms. The normalized spacial score (nSPS) is 16.1. The van der Waals surface area contributed by atoms with Crippen LogP contribution in [0, 0.1) is 17.8 Å². The van der Waals surface area contributed by atoms with Gasteiger partial charge in [0.1, 0.15) is 12.0 Å². The largest absolute Gasteiger partial charge is 0.336 e. The summed E-state index contributed by atoms with van der Waals surface area (Å²) in [6, 6.07) is 5.49. The minimum Gasteiger partial charge on any atom is -0.336 e. The van der Waals surface area contributed by atoms with E-state index in [-0.39, 0.29) is 5.91 Å². The first-order chi connectivity index (χ1) is 11.6. The number of halogens is 1. The number of aromatic nitrogens is 2. The summed E-state index contributed by atoms with van der Waals surface area (Å²) in [4.78, 5) is 18.8. The van der Waals surface area contributed by atoms with Crippen LogP contribution in [0.2, 0.25) is 5.02 Å². The number of hydrogen-bond donors (Lipinski definition) is 0. The van der Waals surface area contributed by atoms with Crippen LogP contribution in [-0.4, -0.2) is 27.4 Å². The lowest BCUT2D eigenvalue weighted by atomic mass is 10.1. The van der Waals surface area contributed by atoms with Crippen molar-refractivity contribution in [2.75, 3.05) is 7.05 Å². The molecule has 0 N–H and O–H groups in total. The van der Waals surface area contributed by atoms with E-state index in [0.29, 0.717) is 17.1 Å². The van der Waals surface area contributed by atoms with Crippen LogP contribution in [0.1, 0.15) is 47.4 Å². The second kappa shape index (κ2) is 5.99. The van der Waals surface area contributed by atoms with Gasteiger partial charge in [-0.3, -0.25) is 9.36 Å². The van der Waals surface area contributed by atoms with Crippen molar-refractivity contribution in [3.05, 3.63) is 46.5 Å². The molecule has 1 aliphatic carbocycles. The van der Waals surface area contributed by atoms with E-state index in [1.54, 1.807) is 24.3 Å². The van der Waals surface area contributed by atoms with E-state index in [4.69, 9.17) is 11.6 Å². The van der Waals surface area contributed by atoms with Gasteiger partial charge in [0.15, 0.2) is 0 Å². The standard InChI is InChI=1S/C19H18ClN3O/c1-22-11-17-15(7-3-2-5-13-9-10-13)21-12-23(17)16-8-4-6-14(20)18(16)19(22)24/h4,6,8,12-13H,2,5,9-11H2,1H3. The van der Waals surface area contributed by atoms with Gasteiger partial charge in [0, 0.05) is 13.5 Å². The van der Waals surface area contributed by atoms with Crippen LogP contribution < -0.4 is 0 Å². The van der Waals surface area contributed by atoms with Crippen LogP contribution in [0.4, 0.5) is 0 Å². The molecule has 1 amide bonds. The number of amides is 1. The molecule has 1 aromatic heterocycles. The number of imidazole rings is 1. The molecule has 5 heteroatoms. The third-order valence-electron chi connectivity index (χ3n) is 4.65. The van der Waals surface area contributed by atoms with Gasteiger partial charge in [-0.05, 0) is 30.4 Å². The second-order valence-electron chi connectivity index (χ2n) is 6.49. The molecule has 24 heavy (non-hydrogen) atoms. The maximum Gasteiger partial charge on any atom is 0.257 e. The number of carbonyl (C=O) groups excluding carboxylic acids is 1. The highest BCUT2D eigenvalue weighted by Gasteiger charge is 2.27. The minimum atomic E-state index is -0.0769. The lowest BCUT2D eigenvalue weighted by molar-refractivity contribution is 0.0788. The molecule has 0 unspecified atom stereocenters. The summed E-state index contributed by atoms with van der Waals surface area (Å²) in [6.07, 6.45) is 6.54. The van der Waals surface area contributed by atoms with E-state index >= 15 is 0 Å². The van der Waals surface area contributed by atoms with E-state index in [1.165, 1.54) is 19.3 Å². The molecule has 0 atom stereocenters. The van der Waals surface area contributed by atoms with Crippen molar-refractivity contribution in [3.63, 3.8) is 0 Å². The Morgan fingerprint density at radius 2 is 2.21 bits per heavy atom. The Labute approximate surface area is 146 Å². The molecule has 1 aliphatic heterocycles. The number of nitrogens with zero attached hydrogens (tertiary/aromatic N) is 3. The summed E-state index contributed by atoms with van der Waals surface area (Å²) in [5.41, 5.74) is 2.97. The summed E-state index contributed by atoms with van der Waals surface area (Å²) >= 11 is 6.28. The molecule has 2 aromatic rings. The Morgan fingerprint density at radius 1 is 1.38 bits per heavy atom. The number of fused-ring (bicyclic) bond motifs is 3. The topological polar surface area (TPSA) is 38.1 Å². The van der Waals surface area contributed by atoms with Gasteiger partial charge in [-0.2, -0.15) is 0 Å². The molecule has 2 aliphatic rings. The number of carbonyl (C=O) groups is 1. The second-order valence-corrected chi connectivity index (χ2v) is 6.90. The van der Waals surface area contributed by atoms with Gasteiger partial charge in [0.05, 0.1) is 28.5 Å². The maximum absolute atomic E-state index is 12.6. The molecule has 122 valence electrons. The zero-order valence-electron chi connectivity index (χ0n) is 13.6. The SMILES string of the molecule is CN1Cc2c(C#CCCC3CC3)ncn2-c2cccc(Cl)c2C1=O. The molecule has 4 nitrogen and oxygen atoms in total. The fraction of sp³-hybridized carbons (Fsp3) is 0.368. The fourth-order valence-electron chi connectivity index (χ4n) is 3.08. The van der Waals surface area contributed by atoms with Gasteiger partial charge < -0.3 is 4.90 Å². The summed E-state index contributed by atoms with van der Waals surface area (Å²) in [5.74, 6) is 7.24.